The summed E-state index contributed by atoms with van der Waals surface area (Å²) in [5, 5.41) is 17.1. The number of nitrogens with zero attached hydrogens (tertiary/aromatic N) is 3. The lowest BCUT2D eigenvalue weighted by Crippen LogP contribution is -2.51. The van der Waals surface area contributed by atoms with Gasteiger partial charge in [0.05, 0.1) is 7.98 Å². The first-order valence-corrected chi connectivity index (χ1v) is 9.76. The Morgan fingerprint density at radius 3 is 2.93 bits per heavy atom. The molecule has 5 atom stereocenters. The number of rotatable bonds is 7. The molecule has 1 aliphatic carbocycles. The Balaban J connectivity index is 1.54. The molecule has 2 aliphatic rings. The number of nitrogens with one attached hydrogen (secondary N) is 2. The molecule has 27 heavy (non-hydrogen) atoms. The number of carbonyl (C=O) groups is 2. The van der Waals surface area contributed by atoms with Gasteiger partial charge >= 0.3 is 11.9 Å². The Morgan fingerprint density at radius 1 is 1.33 bits per heavy atom. The lowest BCUT2D eigenvalue weighted by molar-refractivity contribution is -0.168. The molecule has 0 radical (unpaired) electrons. The Kier molecular flexibility index (Phi) is 6.28. The van der Waals surface area contributed by atoms with Gasteiger partial charge in [0, 0.05) is 6.42 Å². The van der Waals surface area contributed by atoms with Crippen molar-refractivity contribution in [2.24, 2.45) is 17.8 Å². The normalized spacial score (nSPS) is 32.1. The van der Waals surface area contributed by atoms with Crippen LogP contribution < -0.4 is 5.32 Å². The molecule has 1 aromatic rings. The van der Waals surface area contributed by atoms with Crippen molar-refractivity contribution in [1.29, 1.82) is 0 Å². The zero-order chi connectivity index (χ0) is 20.1. The number of tetrazole rings is 1. The summed E-state index contributed by atoms with van der Waals surface area (Å²) in [6, 6.07) is -1.52. The summed E-state index contributed by atoms with van der Waals surface area (Å²) < 4.78 is 18.7. The van der Waals surface area contributed by atoms with Crippen LogP contribution in [-0.2, 0) is 25.5 Å². The van der Waals surface area contributed by atoms with Gasteiger partial charge in [-0.15, -0.1) is 10.2 Å². The minimum Gasteiger partial charge on any atom is -0.463 e. The molecule has 0 amide bonds. The fourth-order valence-corrected chi connectivity index (χ4v) is 4.11. The second kappa shape index (κ2) is 9.25. The molecule has 0 aromatic carbocycles. The second-order valence-corrected chi connectivity index (χ2v) is 7.43. The van der Waals surface area contributed by atoms with Gasteiger partial charge in [-0.2, -0.15) is 5.21 Å². The second-order valence-electron chi connectivity index (χ2n) is 7.43. The van der Waals surface area contributed by atoms with Gasteiger partial charge in [0.1, 0.15) is 6.02 Å². The van der Waals surface area contributed by atoms with Crippen LogP contribution in [0.3, 0.4) is 0 Å². The average Bonchev–Trinajstić information content (AvgIpc) is 3.19. The van der Waals surface area contributed by atoms with E-state index in [9.17, 15) is 9.59 Å². The Morgan fingerprint density at radius 2 is 2.19 bits per heavy atom. The van der Waals surface area contributed by atoms with Crippen LogP contribution in [0.1, 0.15) is 53.1 Å². The molecule has 0 unspecified atom stereocenters. The van der Waals surface area contributed by atoms with E-state index < -0.39 is 24.1 Å². The highest BCUT2D eigenvalue weighted by Crippen LogP contribution is 2.40. The van der Waals surface area contributed by atoms with E-state index in [1.54, 1.807) is 6.92 Å². The highest BCUT2D eigenvalue weighted by Gasteiger charge is 2.38. The predicted molar refractivity (Wildman–Crippen MR) is 95.4 cm³/mol. The van der Waals surface area contributed by atoms with Crippen LogP contribution in [0.15, 0.2) is 0 Å². The number of hydrogen-bond acceptors (Lipinski definition) is 8. The largest absolute Gasteiger partial charge is 0.463 e. The number of aromatic amines is 1. The van der Waals surface area contributed by atoms with E-state index in [0.717, 1.165) is 37.9 Å². The van der Waals surface area contributed by atoms with Crippen LogP contribution in [0.2, 0.25) is 0 Å². The third-order valence-electron chi connectivity index (χ3n) is 5.61. The number of ether oxygens (including phenoxy) is 2. The molecule has 9 heteroatoms. The molecule has 1 aromatic heterocycles. The first-order valence-electron chi connectivity index (χ1n) is 10.3. The van der Waals surface area contributed by atoms with Crippen LogP contribution in [0.5, 0.6) is 0 Å². The Bertz CT molecular complexity index is 673. The molecule has 1 saturated carbocycles. The van der Waals surface area contributed by atoms with Crippen LogP contribution in [0, 0.1) is 17.8 Å². The van der Waals surface area contributed by atoms with Gasteiger partial charge in [-0.3, -0.25) is 4.79 Å². The molecule has 1 aliphatic heterocycles. The number of aromatic nitrogens is 4. The molecule has 9 nitrogen and oxygen atoms in total. The molecular weight excluding hydrogens is 350 g/mol. The highest BCUT2D eigenvalue weighted by atomic mass is 16.6. The smallest absolute Gasteiger partial charge is 0.347 e. The van der Waals surface area contributed by atoms with Crippen molar-refractivity contribution >= 4 is 11.9 Å². The quantitative estimate of drug-likeness (QED) is 0.673. The summed E-state index contributed by atoms with van der Waals surface area (Å²) in [5.41, 5.74) is 0. The third kappa shape index (κ3) is 5.24. The zero-order valence-electron chi connectivity index (χ0n) is 16.9. The van der Waals surface area contributed by atoms with E-state index in [4.69, 9.17) is 10.8 Å². The summed E-state index contributed by atoms with van der Waals surface area (Å²) in [4.78, 5) is 24.3. The van der Waals surface area contributed by atoms with Crippen molar-refractivity contribution in [3.8, 4) is 0 Å². The van der Waals surface area contributed by atoms with E-state index >= 15 is 0 Å². The van der Waals surface area contributed by atoms with Gasteiger partial charge in [0.15, 0.2) is 11.9 Å². The molecule has 1 saturated heterocycles. The summed E-state index contributed by atoms with van der Waals surface area (Å²) >= 11 is 0. The van der Waals surface area contributed by atoms with Crippen molar-refractivity contribution < 1.29 is 20.4 Å². The molecule has 0 spiro atoms. The van der Waals surface area contributed by atoms with Crippen LogP contribution >= 0.6 is 0 Å². The van der Waals surface area contributed by atoms with E-state index in [1.807, 2.05) is 0 Å². The third-order valence-corrected chi connectivity index (χ3v) is 5.61. The number of piperidine rings is 1. The molecule has 150 valence electrons. The monoisotopic (exact) mass is 380 g/mol. The van der Waals surface area contributed by atoms with Crippen LogP contribution in [0.25, 0.3) is 0 Å². The predicted octanol–water partition coefficient (Wildman–Crippen LogP) is 1.02. The van der Waals surface area contributed by atoms with Crippen molar-refractivity contribution in [1.82, 2.24) is 25.9 Å². The minimum absolute atomic E-state index is 0.222. The molecule has 0 bridgehead atoms. The van der Waals surface area contributed by atoms with Crippen molar-refractivity contribution in [2.45, 2.75) is 64.5 Å². The number of aryl methyl sites for hydroxylation is 1. The van der Waals surface area contributed by atoms with E-state index in [2.05, 4.69) is 25.9 Å². The van der Waals surface area contributed by atoms with Crippen molar-refractivity contribution in [3.63, 3.8) is 0 Å². The summed E-state index contributed by atoms with van der Waals surface area (Å²) in [6.45, 7) is 4.01. The number of carbonyl (C=O) groups excluding carboxylic acids is 2. The van der Waals surface area contributed by atoms with Gasteiger partial charge in [0.2, 0.25) is 0 Å². The molecule has 2 N–H and O–H groups in total. The first kappa shape index (κ1) is 18.3. The maximum Gasteiger partial charge on any atom is 0.347 e. The Hall–Kier alpha value is -2.03. The van der Waals surface area contributed by atoms with E-state index in [1.165, 1.54) is 6.92 Å². The summed E-state index contributed by atoms with van der Waals surface area (Å²) in [7, 11) is 0. The topological polar surface area (TPSA) is 119 Å². The first-order chi connectivity index (χ1) is 13.4. The SMILES string of the molecule is [2H][C@@]1(C(=O)O[C@H](C)C(=O)OCC)C[C@H]2C[C@@H](CCc3nn[nH]n3)CC[C@H]2CN1. The average molecular weight is 380 g/mol. The van der Waals surface area contributed by atoms with Gasteiger partial charge in [0.25, 0.3) is 0 Å². The Labute approximate surface area is 160 Å². The minimum atomic E-state index is -1.52. The van der Waals surface area contributed by atoms with Crippen LogP contribution in [-0.4, -0.2) is 57.8 Å². The zero-order valence-corrected chi connectivity index (χ0v) is 15.9. The van der Waals surface area contributed by atoms with Crippen LogP contribution in [0.4, 0.5) is 0 Å². The number of fused-ring (bicyclic) bond motifs is 1. The highest BCUT2D eigenvalue weighted by molar-refractivity contribution is 5.81. The lowest BCUT2D eigenvalue weighted by Gasteiger charge is -2.42. The number of hydrogen-bond donors (Lipinski definition) is 2. The lowest BCUT2D eigenvalue weighted by atomic mass is 9.69. The summed E-state index contributed by atoms with van der Waals surface area (Å²) in [6.07, 6.45) is 4.34. The van der Waals surface area contributed by atoms with Crippen molar-refractivity contribution in [3.05, 3.63) is 5.82 Å². The maximum atomic E-state index is 12.6. The number of H-pyrrole nitrogens is 1. The van der Waals surface area contributed by atoms with Gasteiger partial charge in [-0.25, -0.2) is 4.79 Å². The van der Waals surface area contributed by atoms with Crippen molar-refractivity contribution in [2.75, 3.05) is 13.2 Å². The van der Waals surface area contributed by atoms with Gasteiger partial charge < -0.3 is 14.8 Å². The fraction of sp³-hybridized carbons (Fsp3) is 0.833. The number of esters is 2. The molecule has 2 fully saturated rings. The fourth-order valence-electron chi connectivity index (χ4n) is 4.11. The molecular formula is C18H29N5O4. The van der Waals surface area contributed by atoms with E-state index in [-0.39, 0.29) is 12.5 Å². The van der Waals surface area contributed by atoms with Gasteiger partial charge in [-0.1, -0.05) is 11.6 Å². The van der Waals surface area contributed by atoms with E-state index in [0.29, 0.717) is 24.8 Å². The summed E-state index contributed by atoms with van der Waals surface area (Å²) in [5.74, 6) is 0.700. The molecule has 2 heterocycles. The molecule has 3 rings (SSSR count). The standard InChI is InChI=1S/C18H29N5O4/c1-3-26-17(24)11(2)27-18(25)15-9-14-8-12(4-6-13(14)10-19-15)5-7-16-20-22-23-21-16/h11-15,19H,3-10H2,1-2H3,(H,20,21,22,23)/t11-,12-,13+,14-,15+/m1/s1/i15D. The maximum absolute atomic E-state index is 12.6. The van der Waals surface area contributed by atoms with Gasteiger partial charge in [-0.05, 0) is 63.8 Å².